The fourth-order valence-corrected chi connectivity index (χ4v) is 3.75. The van der Waals surface area contributed by atoms with Gasteiger partial charge in [-0.2, -0.15) is 0 Å². The molecule has 2 aromatic rings. The Labute approximate surface area is 132 Å². The highest BCUT2D eigenvalue weighted by molar-refractivity contribution is 9.09. The molecule has 0 radical (unpaired) electrons. The number of benzene rings is 1. The number of hydrogen-bond acceptors (Lipinski definition) is 2. The SMILES string of the molecule is Cc1nc(CC(CBr)Cc2ccccc2Cl)sc1C. The number of aryl methyl sites for hydroxylation is 2. The second-order valence-corrected chi connectivity index (χ2v) is 7.11. The predicted molar refractivity (Wildman–Crippen MR) is 87.7 cm³/mol. The summed E-state index contributed by atoms with van der Waals surface area (Å²) in [4.78, 5) is 5.95. The quantitative estimate of drug-likeness (QED) is 0.669. The standard InChI is InChI=1S/C15H17BrClNS/c1-10-11(2)19-15(18-10)8-12(9-16)7-13-5-3-4-6-14(13)17/h3-6,12H,7-9H2,1-2H3. The van der Waals surface area contributed by atoms with Crippen molar-refractivity contribution in [3.05, 3.63) is 50.4 Å². The summed E-state index contributed by atoms with van der Waals surface area (Å²) in [6.45, 7) is 4.21. The first-order valence-electron chi connectivity index (χ1n) is 6.32. The molecule has 0 saturated heterocycles. The first-order chi connectivity index (χ1) is 9.10. The van der Waals surface area contributed by atoms with Crippen molar-refractivity contribution in [2.45, 2.75) is 26.7 Å². The molecule has 1 aromatic heterocycles. The van der Waals surface area contributed by atoms with Gasteiger partial charge in [-0.05, 0) is 37.8 Å². The van der Waals surface area contributed by atoms with Gasteiger partial charge < -0.3 is 0 Å². The number of rotatable bonds is 5. The summed E-state index contributed by atoms with van der Waals surface area (Å²) in [6, 6.07) is 8.09. The van der Waals surface area contributed by atoms with E-state index in [1.807, 2.05) is 29.5 Å². The molecule has 0 bridgehead atoms. The van der Waals surface area contributed by atoms with Gasteiger partial charge >= 0.3 is 0 Å². The van der Waals surface area contributed by atoms with Gasteiger partial charge in [0, 0.05) is 21.7 Å². The largest absolute Gasteiger partial charge is 0.246 e. The summed E-state index contributed by atoms with van der Waals surface area (Å²) < 4.78 is 0. The Morgan fingerprint density at radius 1 is 1.26 bits per heavy atom. The molecule has 1 atom stereocenters. The molecule has 1 aromatic carbocycles. The summed E-state index contributed by atoms with van der Waals surface area (Å²) in [5.41, 5.74) is 2.38. The van der Waals surface area contributed by atoms with Crippen LogP contribution < -0.4 is 0 Å². The summed E-state index contributed by atoms with van der Waals surface area (Å²) in [5.74, 6) is 0.532. The minimum atomic E-state index is 0.532. The van der Waals surface area contributed by atoms with Crippen LogP contribution >= 0.6 is 38.9 Å². The predicted octanol–water partition coefficient (Wildman–Crippen LogP) is 5.21. The van der Waals surface area contributed by atoms with Gasteiger partial charge in [-0.15, -0.1) is 11.3 Å². The van der Waals surface area contributed by atoms with Crippen LogP contribution in [0.3, 0.4) is 0 Å². The van der Waals surface area contributed by atoms with E-state index < -0.39 is 0 Å². The van der Waals surface area contributed by atoms with Gasteiger partial charge in [0.05, 0.1) is 10.7 Å². The van der Waals surface area contributed by atoms with E-state index in [0.29, 0.717) is 5.92 Å². The van der Waals surface area contributed by atoms with Gasteiger partial charge in [0.15, 0.2) is 0 Å². The van der Waals surface area contributed by atoms with E-state index in [0.717, 1.165) is 28.9 Å². The van der Waals surface area contributed by atoms with Crippen LogP contribution in [0.25, 0.3) is 0 Å². The maximum atomic E-state index is 6.23. The van der Waals surface area contributed by atoms with Gasteiger partial charge in [-0.25, -0.2) is 4.98 Å². The summed E-state index contributed by atoms with van der Waals surface area (Å²) >= 11 is 11.7. The van der Waals surface area contributed by atoms with Gasteiger partial charge in [0.1, 0.15) is 0 Å². The van der Waals surface area contributed by atoms with Crippen molar-refractivity contribution < 1.29 is 0 Å². The zero-order valence-electron chi connectivity index (χ0n) is 11.1. The molecule has 1 heterocycles. The molecular weight excluding hydrogens is 342 g/mol. The Morgan fingerprint density at radius 3 is 2.58 bits per heavy atom. The van der Waals surface area contributed by atoms with E-state index in [1.54, 1.807) is 0 Å². The number of aromatic nitrogens is 1. The smallest absolute Gasteiger partial charge is 0.0934 e. The average molecular weight is 359 g/mol. The summed E-state index contributed by atoms with van der Waals surface area (Å²) in [5, 5.41) is 3.06. The highest BCUT2D eigenvalue weighted by atomic mass is 79.9. The second-order valence-electron chi connectivity index (χ2n) is 4.77. The lowest BCUT2D eigenvalue weighted by Crippen LogP contribution is -2.10. The van der Waals surface area contributed by atoms with Gasteiger partial charge in [-0.1, -0.05) is 45.7 Å². The number of halogens is 2. The topological polar surface area (TPSA) is 12.9 Å². The third kappa shape index (κ3) is 4.04. The first kappa shape index (κ1) is 15.0. The van der Waals surface area contributed by atoms with Crippen LogP contribution in [0, 0.1) is 19.8 Å². The van der Waals surface area contributed by atoms with Crippen LogP contribution in [0.15, 0.2) is 24.3 Å². The van der Waals surface area contributed by atoms with E-state index >= 15 is 0 Å². The van der Waals surface area contributed by atoms with E-state index in [9.17, 15) is 0 Å². The molecule has 0 amide bonds. The zero-order chi connectivity index (χ0) is 13.8. The number of alkyl halides is 1. The number of hydrogen-bond donors (Lipinski definition) is 0. The van der Waals surface area contributed by atoms with Gasteiger partial charge in [0.25, 0.3) is 0 Å². The molecular formula is C15H17BrClNS. The maximum Gasteiger partial charge on any atom is 0.0934 e. The molecule has 0 aliphatic heterocycles. The molecule has 1 unspecified atom stereocenters. The third-order valence-electron chi connectivity index (χ3n) is 3.22. The second kappa shape index (κ2) is 6.87. The van der Waals surface area contributed by atoms with Gasteiger partial charge in [-0.3, -0.25) is 0 Å². The molecule has 2 rings (SSSR count). The van der Waals surface area contributed by atoms with E-state index in [-0.39, 0.29) is 0 Å². The lowest BCUT2D eigenvalue weighted by atomic mass is 9.98. The minimum Gasteiger partial charge on any atom is -0.246 e. The molecule has 102 valence electrons. The Bertz CT molecular complexity index is 533. The third-order valence-corrected chi connectivity index (χ3v) is 5.60. The van der Waals surface area contributed by atoms with Crippen molar-refractivity contribution in [2.24, 2.45) is 5.92 Å². The van der Waals surface area contributed by atoms with E-state index in [2.05, 4.69) is 40.8 Å². The fourth-order valence-electron chi connectivity index (χ4n) is 2.03. The summed E-state index contributed by atoms with van der Waals surface area (Å²) in [6.07, 6.45) is 2.00. The van der Waals surface area contributed by atoms with Crippen molar-refractivity contribution in [2.75, 3.05) is 5.33 Å². The molecule has 0 fully saturated rings. The van der Waals surface area contributed by atoms with Crippen LogP contribution in [0.5, 0.6) is 0 Å². The first-order valence-corrected chi connectivity index (χ1v) is 8.64. The highest BCUT2D eigenvalue weighted by Gasteiger charge is 2.14. The van der Waals surface area contributed by atoms with Crippen molar-refractivity contribution >= 4 is 38.9 Å². The molecule has 0 N–H and O–H groups in total. The molecule has 0 saturated carbocycles. The average Bonchev–Trinajstić information content (AvgIpc) is 2.70. The Balaban J connectivity index is 2.07. The number of thiazole rings is 1. The molecule has 4 heteroatoms. The maximum absolute atomic E-state index is 6.23. The van der Waals surface area contributed by atoms with Gasteiger partial charge in [0.2, 0.25) is 0 Å². The van der Waals surface area contributed by atoms with E-state index in [4.69, 9.17) is 11.6 Å². The molecule has 0 spiro atoms. The van der Waals surface area contributed by atoms with Crippen LogP contribution in [-0.2, 0) is 12.8 Å². The lowest BCUT2D eigenvalue weighted by molar-refractivity contribution is 0.589. The highest BCUT2D eigenvalue weighted by Crippen LogP contribution is 2.25. The Morgan fingerprint density at radius 2 is 2.00 bits per heavy atom. The fraction of sp³-hybridized carbons (Fsp3) is 0.400. The molecule has 0 aliphatic carbocycles. The van der Waals surface area contributed by atoms with Crippen molar-refractivity contribution in [1.29, 1.82) is 0 Å². The Kier molecular flexibility index (Phi) is 5.43. The monoisotopic (exact) mass is 357 g/mol. The normalized spacial score (nSPS) is 12.6. The van der Waals surface area contributed by atoms with Crippen LogP contribution in [0.4, 0.5) is 0 Å². The lowest BCUT2D eigenvalue weighted by Gasteiger charge is -2.13. The molecule has 1 nitrogen and oxygen atoms in total. The molecule has 19 heavy (non-hydrogen) atoms. The van der Waals surface area contributed by atoms with Crippen LogP contribution in [-0.4, -0.2) is 10.3 Å². The zero-order valence-corrected chi connectivity index (χ0v) is 14.3. The molecule has 0 aliphatic rings. The van der Waals surface area contributed by atoms with E-state index in [1.165, 1.54) is 15.4 Å². The number of nitrogens with zero attached hydrogens (tertiary/aromatic N) is 1. The van der Waals surface area contributed by atoms with Crippen LogP contribution in [0.2, 0.25) is 5.02 Å². The van der Waals surface area contributed by atoms with Crippen LogP contribution in [0.1, 0.15) is 21.1 Å². The Hall–Kier alpha value is -0.380. The van der Waals surface area contributed by atoms with Crippen molar-refractivity contribution in [1.82, 2.24) is 4.98 Å². The van der Waals surface area contributed by atoms with Crippen molar-refractivity contribution in [3.8, 4) is 0 Å². The minimum absolute atomic E-state index is 0.532. The summed E-state index contributed by atoms with van der Waals surface area (Å²) in [7, 11) is 0. The van der Waals surface area contributed by atoms with Crippen molar-refractivity contribution in [3.63, 3.8) is 0 Å².